The minimum atomic E-state index is 0.972. The summed E-state index contributed by atoms with van der Waals surface area (Å²) in [5, 5.41) is 5.13. The predicted octanol–water partition coefficient (Wildman–Crippen LogP) is 5.56. The van der Waals surface area contributed by atoms with E-state index in [4.69, 9.17) is 0 Å². The molecule has 0 N–H and O–H groups in total. The lowest BCUT2D eigenvalue weighted by Gasteiger charge is -2.07. The maximum absolute atomic E-state index is 4.35. The van der Waals surface area contributed by atoms with Crippen molar-refractivity contribution in [2.45, 2.75) is 0 Å². The molecule has 3 aromatic carbocycles. The molecule has 0 unspecified atom stereocenters. The second-order valence-electron chi connectivity index (χ2n) is 5.32. The molecule has 1 heterocycles. The summed E-state index contributed by atoms with van der Waals surface area (Å²) in [7, 11) is 0. The van der Waals surface area contributed by atoms with Crippen molar-refractivity contribution in [3.8, 4) is 0 Å². The highest BCUT2D eigenvalue weighted by molar-refractivity contribution is 6.11. The third-order valence-electron chi connectivity index (χ3n) is 3.92. The van der Waals surface area contributed by atoms with Gasteiger partial charge >= 0.3 is 0 Å². The van der Waals surface area contributed by atoms with Gasteiger partial charge in [-0.1, -0.05) is 60.7 Å². The second kappa shape index (κ2) is 5.45. The van der Waals surface area contributed by atoms with E-state index in [9.17, 15) is 0 Å². The van der Waals surface area contributed by atoms with Crippen molar-refractivity contribution in [3.63, 3.8) is 0 Å². The zero-order valence-corrected chi connectivity index (χ0v) is 12.1. The van der Waals surface area contributed by atoms with Crippen LogP contribution in [0.3, 0.4) is 0 Å². The number of rotatable bonds is 2. The van der Waals surface area contributed by atoms with Crippen LogP contribution >= 0.6 is 0 Å². The van der Waals surface area contributed by atoms with Gasteiger partial charge in [0.15, 0.2) is 0 Å². The molecule has 0 radical (unpaired) electrons. The first-order valence-corrected chi connectivity index (χ1v) is 7.41. The number of benzene rings is 3. The summed E-state index contributed by atoms with van der Waals surface area (Å²) in [6.07, 6.45) is 6.03. The molecule has 0 atom stereocenters. The number of hydrogen-bond donors (Lipinski definition) is 0. The fourth-order valence-electron chi connectivity index (χ4n) is 2.87. The lowest BCUT2D eigenvalue weighted by Crippen LogP contribution is -1.83. The van der Waals surface area contributed by atoms with Crippen molar-refractivity contribution in [1.29, 1.82) is 0 Å². The summed E-state index contributed by atoms with van der Waals surface area (Å²) in [5.41, 5.74) is 2.19. The molecule has 1 nitrogen and oxygen atoms in total. The van der Waals surface area contributed by atoms with E-state index in [1.54, 1.807) is 0 Å². The fourth-order valence-corrected chi connectivity index (χ4v) is 2.87. The van der Waals surface area contributed by atoms with Gasteiger partial charge in [0, 0.05) is 6.20 Å². The molecule has 0 bridgehead atoms. The quantitative estimate of drug-likeness (QED) is 0.438. The number of aromatic nitrogens is 1. The number of nitrogens with zero attached hydrogens (tertiary/aromatic N) is 1. The molecule has 0 saturated heterocycles. The van der Waals surface area contributed by atoms with E-state index in [1.807, 2.05) is 24.4 Å². The normalized spacial score (nSPS) is 11.5. The molecule has 4 rings (SSSR count). The Bertz CT molecular complexity index is 969. The summed E-state index contributed by atoms with van der Waals surface area (Å²) in [4.78, 5) is 4.35. The molecule has 4 aromatic rings. The van der Waals surface area contributed by atoms with E-state index in [-0.39, 0.29) is 0 Å². The first-order chi connectivity index (χ1) is 10.9. The van der Waals surface area contributed by atoms with Gasteiger partial charge in [-0.25, -0.2) is 0 Å². The zero-order valence-electron chi connectivity index (χ0n) is 12.1. The van der Waals surface area contributed by atoms with Gasteiger partial charge in [0.25, 0.3) is 0 Å². The van der Waals surface area contributed by atoms with Gasteiger partial charge in [0.2, 0.25) is 0 Å². The van der Waals surface area contributed by atoms with Gasteiger partial charge in [0.05, 0.1) is 5.69 Å². The lowest BCUT2D eigenvalue weighted by molar-refractivity contribution is 1.30. The minimum absolute atomic E-state index is 0.972. The highest BCUT2D eigenvalue weighted by atomic mass is 14.6. The van der Waals surface area contributed by atoms with Crippen LogP contribution in [-0.4, -0.2) is 4.98 Å². The van der Waals surface area contributed by atoms with E-state index in [0.717, 1.165) is 5.69 Å². The largest absolute Gasteiger partial charge is 0.257 e. The number of fused-ring (bicyclic) bond motifs is 3. The molecule has 0 saturated carbocycles. The Morgan fingerprint density at radius 3 is 2.18 bits per heavy atom. The number of pyridine rings is 1. The predicted molar refractivity (Wildman–Crippen MR) is 94.6 cm³/mol. The zero-order chi connectivity index (χ0) is 14.8. The summed E-state index contributed by atoms with van der Waals surface area (Å²) in [5.74, 6) is 0. The summed E-state index contributed by atoms with van der Waals surface area (Å²) in [6.45, 7) is 0. The Morgan fingerprint density at radius 2 is 1.36 bits per heavy atom. The topological polar surface area (TPSA) is 12.9 Å². The van der Waals surface area contributed by atoms with Crippen LogP contribution in [0.2, 0.25) is 0 Å². The van der Waals surface area contributed by atoms with Crippen LogP contribution in [0, 0.1) is 0 Å². The Morgan fingerprint density at radius 1 is 0.636 bits per heavy atom. The average Bonchev–Trinajstić information content (AvgIpc) is 2.60. The van der Waals surface area contributed by atoms with Gasteiger partial charge < -0.3 is 0 Å². The van der Waals surface area contributed by atoms with Gasteiger partial charge in [-0.05, 0) is 51.4 Å². The first-order valence-electron chi connectivity index (χ1n) is 7.41. The average molecular weight is 281 g/mol. The Labute approximate surface area is 129 Å². The fraction of sp³-hybridized carbons (Fsp3) is 0. The third kappa shape index (κ3) is 2.27. The van der Waals surface area contributed by atoms with E-state index >= 15 is 0 Å². The highest BCUT2D eigenvalue weighted by Gasteiger charge is 2.03. The second-order valence-corrected chi connectivity index (χ2v) is 5.32. The van der Waals surface area contributed by atoms with E-state index < -0.39 is 0 Å². The molecule has 1 aromatic heterocycles. The lowest BCUT2D eigenvalue weighted by atomic mass is 9.97. The summed E-state index contributed by atoms with van der Waals surface area (Å²) < 4.78 is 0. The van der Waals surface area contributed by atoms with Crippen molar-refractivity contribution in [1.82, 2.24) is 4.98 Å². The van der Waals surface area contributed by atoms with Crippen LogP contribution < -0.4 is 0 Å². The maximum Gasteiger partial charge on any atom is 0.0629 e. The Balaban J connectivity index is 1.94. The molecule has 0 fully saturated rings. The van der Waals surface area contributed by atoms with Crippen molar-refractivity contribution in [3.05, 3.63) is 90.3 Å². The van der Waals surface area contributed by atoms with Crippen molar-refractivity contribution < 1.29 is 0 Å². The molecule has 22 heavy (non-hydrogen) atoms. The first kappa shape index (κ1) is 12.8. The maximum atomic E-state index is 4.35. The van der Waals surface area contributed by atoms with Gasteiger partial charge in [-0.3, -0.25) is 4.98 Å². The molecule has 104 valence electrons. The van der Waals surface area contributed by atoms with Crippen molar-refractivity contribution in [2.24, 2.45) is 0 Å². The monoisotopic (exact) mass is 281 g/mol. The Kier molecular flexibility index (Phi) is 3.17. The van der Waals surface area contributed by atoms with E-state index in [1.165, 1.54) is 27.1 Å². The van der Waals surface area contributed by atoms with Crippen LogP contribution in [0.15, 0.2) is 79.0 Å². The van der Waals surface area contributed by atoms with Crippen LogP contribution in [0.25, 0.3) is 33.7 Å². The standard InChI is InChI=1S/C21H15N/c1-2-9-19-16(7-1)15-17(20-10-3-4-11-21(19)20)12-13-18-8-5-6-14-22-18/h1-15H/b13-12+. The Hall–Kier alpha value is -2.93. The van der Waals surface area contributed by atoms with Crippen LogP contribution in [-0.2, 0) is 0 Å². The molecule has 1 heteroatoms. The minimum Gasteiger partial charge on any atom is -0.257 e. The van der Waals surface area contributed by atoms with Crippen molar-refractivity contribution in [2.75, 3.05) is 0 Å². The molecular formula is C21H15N. The van der Waals surface area contributed by atoms with Crippen LogP contribution in [0.4, 0.5) is 0 Å². The third-order valence-corrected chi connectivity index (χ3v) is 3.92. The van der Waals surface area contributed by atoms with Gasteiger partial charge in [-0.2, -0.15) is 0 Å². The van der Waals surface area contributed by atoms with Crippen molar-refractivity contribution >= 4 is 33.7 Å². The van der Waals surface area contributed by atoms with Gasteiger partial charge in [0.1, 0.15) is 0 Å². The molecule has 0 amide bonds. The SMILES string of the molecule is C(=C\c1cc2ccccc2c2ccccc12)/c1ccccn1. The molecule has 0 aliphatic rings. The molecular weight excluding hydrogens is 266 g/mol. The molecule has 0 spiro atoms. The molecule has 0 aliphatic carbocycles. The summed E-state index contributed by atoms with van der Waals surface area (Å²) >= 11 is 0. The smallest absolute Gasteiger partial charge is 0.0629 e. The van der Waals surface area contributed by atoms with Crippen LogP contribution in [0.1, 0.15) is 11.3 Å². The number of hydrogen-bond acceptors (Lipinski definition) is 1. The highest BCUT2D eigenvalue weighted by Crippen LogP contribution is 2.29. The molecule has 0 aliphatic heterocycles. The van der Waals surface area contributed by atoms with Gasteiger partial charge in [-0.15, -0.1) is 0 Å². The van der Waals surface area contributed by atoms with E-state index in [2.05, 4.69) is 71.7 Å². The van der Waals surface area contributed by atoms with E-state index in [0.29, 0.717) is 0 Å². The summed E-state index contributed by atoms with van der Waals surface area (Å²) in [6, 6.07) is 25.3. The van der Waals surface area contributed by atoms with Crippen LogP contribution in [0.5, 0.6) is 0 Å².